The predicted molar refractivity (Wildman–Crippen MR) is 89.5 cm³/mol. The fourth-order valence-electron chi connectivity index (χ4n) is 3.47. The molecule has 5 heteroatoms. The lowest BCUT2D eigenvalue weighted by atomic mass is 9.82. The molecule has 2 aliphatic rings. The highest BCUT2D eigenvalue weighted by Gasteiger charge is 2.36. The van der Waals surface area contributed by atoms with Gasteiger partial charge in [-0.05, 0) is 49.8 Å². The van der Waals surface area contributed by atoms with E-state index in [4.69, 9.17) is 21.1 Å². The number of rotatable bonds is 5. The molecule has 0 spiro atoms. The van der Waals surface area contributed by atoms with E-state index in [9.17, 15) is 4.79 Å². The number of carbonyl (C=O) groups excluding carboxylic acids is 1. The molecule has 1 amide bonds. The van der Waals surface area contributed by atoms with E-state index in [1.807, 2.05) is 24.3 Å². The second-order valence-corrected chi connectivity index (χ2v) is 6.86. The molecular weight excluding hydrogens is 314 g/mol. The molecule has 4 nitrogen and oxygen atoms in total. The van der Waals surface area contributed by atoms with Crippen LogP contribution < -0.4 is 5.32 Å². The zero-order chi connectivity index (χ0) is 16.1. The van der Waals surface area contributed by atoms with E-state index in [-0.39, 0.29) is 17.6 Å². The van der Waals surface area contributed by atoms with Crippen LogP contribution in [0.3, 0.4) is 0 Å². The Balaban J connectivity index is 1.66. The second-order valence-electron chi connectivity index (χ2n) is 6.42. The highest BCUT2D eigenvalue weighted by atomic mass is 35.5. The largest absolute Gasteiger partial charge is 0.381 e. The summed E-state index contributed by atoms with van der Waals surface area (Å²) in [5.74, 6) is 0.0948. The van der Waals surface area contributed by atoms with Crippen LogP contribution in [0.2, 0.25) is 5.02 Å². The van der Waals surface area contributed by atoms with Crippen LogP contribution >= 0.6 is 11.6 Å². The van der Waals surface area contributed by atoms with Gasteiger partial charge in [0, 0.05) is 31.3 Å². The molecule has 1 atom stereocenters. The lowest BCUT2D eigenvalue weighted by Gasteiger charge is -2.38. The summed E-state index contributed by atoms with van der Waals surface area (Å²) in [6.07, 6.45) is 5.34. The van der Waals surface area contributed by atoms with Gasteiger partial charge >= 0.3 is 0 Å². The molecule has 2 saturated heterocycles. The summed E-state index contributed by atoms with van der Waals surface area (Å²) in [4.78, 5) is 12.5. The van der Waals surface area contributed by atoms with Gasteiger partial charge in [-0.2, -0.15) is 0 Å². The zero-order valence-electron chi connectivity index (χ0n) is 13.4. The van der Waals surface area contributed by atoms with E-state index in [1.165, 1.54) is 0 Å². The van der Waals surface area contributed by atoms with Crippen LogP contribution in [0.1, 0.15) is 44.1 Å². The minimum Gasteiger partial charge on any atom is -0.381 e. The third-order valence-electron chi connectivity index (χ3n) is 4.84. The van der Waals surface area contributed by atoms with E-state index >= 15 is 0 Å². The van der Waals surface area contributed by atoms with Crippen LogP contribution in [-0.2, 0) is 19.8 Å². The van der Waals surface area contributed by atoms with Crippen molar-refractivity contribution in [3.63, 3.8) is 0 Å². The van der Waals surface area contributed by atoms with E-state index in [0.717, 1.165) is 44.3 Å². The molecule has 0 aromatic heterocycles. The summed E-state index contributed by atoms with van der Waals surface area (Å²) in [6, 6.07) is 7.78. The van der Waals surface area contributed by atoms with Crippen LogP contribution in [0, 0.1) is 0 Å². The van der Waals surface area contributed by atoms with Gasteiger partial charge in [0.15, 0.2) is 0 Å². The van der Waals surface area contributed by atoms with E-state index in [0.29, 0.717) is 24.7 Å². The average molecular weight is 338 g/mol. The van der Waals surface area contributed by atoms with Crippen LogP contribution in [0.4, 0.5) is 0 Å². The molecule has 2 aliphatic heterocycles. The van der Waals surface area contributed by atoms with Crippen LogP contribution in [0.5, 0.6) is 0 Å². The lowest BCUT2D eigenvalue weighted by molar-refractivity contribution is -0.125. The van der Waals surface area contributed by atoms with Crippen molar-refractivity contribution in [3.05, 3.63) is 34.9 Å². The van der Waals surface area contributed by atoms with Gasteiger partial charge in [0.25, 0.3) is 0 Å². The normalized spacial score (nSPS) is 23.6. The third kappa shape index (κ3) is 4.25. The molecule has 0 bridgehead atoms. The number of hydrogen-bond donors (Lipinski definition) is 1. The summed E-state index contributed by atoms with van der Waals surface area (Å²) < 4.78 is 11.1. The highest BCUT2D eigenvalue weighted by molar-refractivity contribution is 6.30. The molecule has 0 radical (unpaired) electrons. The van der Waals surface area contributed by atoms with Crippen LogP contribution in [0.15, 0.2) is 24.3 Å². The number of ether oxygens (including phenoxy) is 2. The highest BCUT2D eigenvalue weighted by Crippen LogP contribution is 2.33. The minimum absolute atomic E-state index is 0.0948. The van der Waals surface area contributed by atoms with Gasteiger partial charge in [-0.3, -0.25) is 4.79 Å². The van der Waals surface area contributed by atoms with Crippen LogP contribution in [0.25, 0.3) is 0 Å². The molecule has 126 valence electrons. The van der Waals surface area contributed by atoms with Gasteiger partial charge in [0.2, 0.25) is 5.91 Å². The molecule has 23 heavy (non-hydrogen) atoms. The maximum atomic E-state index is 12.5. The average Bonchev–Trinajstić information content (AvgIpc) is 3.08. The molecule has 2 heterocycles. The van der Waals surface area contributed by atoms with Crippen molar-refractivity contribution >= 4 is 17.5 Å². The lowest BCUT2D eigenvalue weighted by Crippen LogP contribution is -2.49. The number of nitrogens with one attached hydrogen (secondary N) is 1. The first-order valence-corrected chi connectivity index (χ1v) is 8.82. The smallest absolute Gasteiger partial charge is 0.220 e. The third-order valence-corrected chi connectivity index (χ3v) is 5.09. The topological polar surface area (TPSA) is 47.6 Å². The summed E-state index contributed by atoms with van der Waals surface area (Å²) in [7, 11) is 0. The number of benzene rings is 1. The number of hydrogen-bond acceptors (Lipinski definition) is 3. The molecule has 1 aromatic rings. The first-order valence-electron chi connectivity index (χ1n) is 8.44. The van der Waals surface area contributed by atoms with Gasteiger partial charge < -0.3 is 14.8 Å². The summed E-state index contributed by atoms with van der Waals surface area (Å²) >= 11 is 6.00. The molecule has 1 aromatic carbocycles. The maximum Gasteiger partial charge on any atom is 0.220 e. The number of halogens is 1. The quantitative estimate of drug-likeness (QED) is 0.895. The Morgan fingerprint density at radius 1 is 1.22 bits per heavy atom. The van der Waals surface area contributed by atoms with Crippen molar-refractivity contribution < 1.29 is 14.3 Å². The molecule has 0 aliphatic carbocycles. The summed E-state index contributed by atoms with van der Waals surface area (Å²) in [5.41, 5.74) is 0.770. The fraction of sp³-hybridized carbons (Fsp3) is 0.611. The molecule has 0 saturated carbocycles. The van der Waals surface area contributed by atoms with E-state index < -0.39 is 0 Å². The number of amides is 1. The SMILES string of the molecule is O=C(CC[C@@H]1CCCO1)NC1(c2ccc(Cl)cc2)CCOCC1. The van der Waals surface area contributed by atoms with Crippen molar-refractivity contribution in [2.24, 2.45) is 0 Å². The zero-order valence-corrected chi connectivity index (χ0v) is 14.1. The Hall–Kier alpha value is -1.10. The molecular formula is C18H24ClNO3. The predicted octanol–water partition coefficient (Wildman–Crippen LogP) is 3.42. The first kappa shape index (κ1) is 16.7. The number of carbonyl (C=O) groups is 1. The first-order chi connectivity index (χ1) is 11.2. The van der Waals surface area contributed by atoms with Crippen molar-refractivity contribution in [2.75, 3.05) is 19.8 Å². The molecule has 3 rings (SSSR count). The Bertz CT molecular complexity index is 520. The monoisotopic (exact) mass is 337 g/mol. The Morgan fingerprint density at radius 3 is 2.61 bits per heavy atom. The maximum absolute atomic E-state index is 12.5. The summed E-state index contributed by atoms with van der Waals surface area (Å²) in [6.45, 7) is 2.15. The van der Waals surface area contributed by atoms with E-state index in [1.54, 1.807) is 0 Å². The van der Waals surface area contributed by atoms with Gasteiger partial charge in [0.05, 0.1) is 11.6 Å². The van der Waals surface area contributed by atoms with Crippen molar-refractivity contribution in [1.29, 1.82) is 0 Å². The van der Waals surface area contributed by atoms with Crippen LogP contribution in [-0.4, -0.2) is 31.8 Å². The van der Waals surface area contributed by atoms with Crippen molar-refractivity contribution in [1.82, 2.24) is 5.32 Å². The van der Waals surface area contributed by atoms with Crippen molar-refractivity contribution in [3.8, 4) is 0 Å². The standard InChI is InChI=1S/C18H24ClNO3/c19-15-5-3-14(4-6-15)18(9-12-22-13-10-18)20-17(21)8-7-16-2-1-11-23-16/h3-6,16H,1-2,7-13H2,(H,20,21)/t16-/m0/s1. The van der Waals surface area contributed by atoms with E-state index in [2.05, 4.69) is 5.32 Å². The fourth-order valence-corrected chi connectivity index (χ4v) is 3.59. The molecule has 1 N–H and O–H groups in total. The second kappa shape index (κ2) is 7.65. The molecule has 2 fully saturated rings. The van der Waals surface area contributed by atoms with Gasteiger partial charge in [0.1, 0.15) is 0 Å². The van der Waals surface area contributed by atoms with Gasteiger partial charge in [-0.25, -0.2) is 0 Å². The van der Waals surface area contributed by atoms with Crippen molar-refractivity contribution in [2.45, 2.75) is 50.2 Å². The van der Waals surface area contributed by atoms with Gasteiger partial charge in [-0.15, -0.1) is 0 Å². The Morgan fingerprint density at radius 2 is 1.96 bits per heavy atom. The van der Waals surface area contributed by atoms with Gasteiger partial charge in [-0.1, -0.05) is 23.7 Å². The molecule has 0 unspecified atom stereocenters. The summed E-state index contributed by atoms with van der Waals surface area (Å²) in [5, 5.41) is 3.98. The Labute approximate surface area is 142 Å². The Kier molecular flexibility index (Phi) is 5.57. The minimum atomic E-state index is -0.337.